The summed E-state index contributed by atoms with van der Waals surface area (Å²) >= 11 is 2.34. The highest BCUT2D eigenvalue weighted by atomic mass is 32.2. The first-order chi connectivity index (χ1) is 8.81. The lowest BCUT2D eigenvalue weighted by atomic mass is 10.3. The number of esters is 2. The molecule has 0 aromatic rings. The van der Waals surface area contributed by atoms with Crippen LogP contribution in [0, 0.1) is 0 Å². The maximum absolute atomic E-state index is 12.0. The number of hydrogen-bond acceptors (Lipinski definition) is 7. The summed E-state index contributed by atoms with van der Waals surface area (Å²) in [5.41, 5.74) is -0.734. The van der Waals surface area contributed by atoms with Gasteiger partial charge < -0.3 is 14.6 Å². The van der Waals surface area contributed by atoms with E-state index in [9.17, 15) is 14.7 Å². The Kier molecular flexibility index (Phi) is 6.22. The van der Waals surface area contributed by atoms with Crippen molar-refractivity contribution < 1.29 is 24.2 Å². The zero-order valence-corrected chi connectivity index (χ0v) is 13.0. The van der Waals surface area contributed by atoms with Gasteiger partial charge in [0.1, 0.15) is 5.44 Å². The van der Waals surface area contributed by atoms with Crippen LogP contribution in [-0.4, -0.2) is 40.4 Å². The predicted molar refractivity (Wildman–Crippen MR) is 75.5 cm³/mol. The van der Waals surface area contributed by atoms with E-state index in [-0.39, 0.29) is 17.8 Å². The van der Waals surface area contributed by atoms with Crippen molar-refractivity contribution in [3.63, 3.8) is 0 Å². The monoisotopic (exact) mass is 306 g/mol. The second-order valence-electron chi connectivity index (χ2n) is 4.45. The first kappa shape index (κ1) is 16.4. The topological polar surface area (TPSA) is 72.8 Å². The van der Waals surface area contributed by atoms with Crippen LogP contribution in [0.25, 0.3) is 0 Å². The normalized spacial score (nSPS) is 18.9. The van der Waals surface area contributed by atoms with Crippen LogP contribution in [0.5, 0.6) is 0 Å². The standard InChI is InChI=1S/C12H18O5S2/c1-6(2)16-10(14)9(11(15)17-7(3)4)12-18-5-8(13)19-12/h6-8,13H,5H2,1-4H3/t8-/m1/s1. The van der Waals surface area contributed by atoms with E-state index in [0.29, 0.717) is 9.99 Å². The zero-order valence-electron chi connectivity index (χ0n) is 11.3. The lowest BCUT2D eigenvalue weighted by Gasteiger charge is -2.13. The highest BCUT2D eigenvalue weighted by molar-refractivity contribution is 8.25. The van der Waals surface area contributed by atoms with Crippen LogP contribution in [-0.2, 0) is 19.1 Å². The van der Waals surface area contributed by atoms with Crippen molar-refractivity contribution in [2.45, 2.75) is 45.3 Å². The Morgan fingerprint density at radius 1 is 1.16 bits per heavy atom. The predicted octanol–water partition coefficient (Wildman–Crippen LogP) is 1.90. The molecule has 1 atom stereocenters. The summed E-state index contributed by atoms with van der Waals surface area (Å²) < 4.78 is 10.6. The van der Waals surface area contributed by atoms with E-state index in [1.165, 1.54) is 11.8 Å². The molecule has 0 bridgehead atoms. The second kappa shape index (κ2) is 7.21. The Bertz CT molecular complexity index is 366. The maximum Gasteiger partial charge on any atom is 0.347 e. The first-order valence-electron chi connectivity index (χ1n) is 5.95. The number of carbonyl (C=O) groups is 2. The van der Waals surface area contributed by atoms with Gasteiger partial charge >= 0.3 is 11.9 Å². The lowest BCUT2D eigenvalue weighted by molar-refractivity contribution is -0.150. The molecule has 0 aliphatic carbocycles. The van der Waals surface area contributed by atoms with Gasteiger partial charge in [0.15, 0.2) is 5.57 Å². The van der Waals surface area contributed by atoms with Crippen molar-refractivity contribution in [3.8, 4) is 0 Å². The Morgan fingerprint density at radius 3 is 1.95 bits per heavy atom. The number of hydrogen-bond donors (Lipinski definition) is 1. The number of thioether (sulfide) groups is 2. The molecule has 1 rings (SSSR count). The minimum absolute atomic E-state index is 0.117. The fraction of sp³-hybridized carbons (Fsp3) is 0.667. The van der Waals surface area contributed by atoms with Gasteiger partial charge in [0, 0.05) is 5.75 Å². The zero-order chi connectivity index (χ0) is 14.6. The van der Waals surface area contributed by atoms with E-state index in [1.54, 1.807) is 27.7 Å². The number of rotatable bonds is 4. The molecule has 1 aliphatic rings. The van der Waals surface area contributed by atoms with Gasteiger partial charge in [0.25, 0.3) is 0 Å². The van der Waals surface area contributed by atoms with Gasteiger partial charge in [0.2, 0.25) is 0 Å². The molecule has 1 saturated heterocycles. The molecule has 0 unspecified atom stereocenters. The van der Waals surface area contributed by atoms with Crippen molar-refractivity contribution >= 4 is 35.5 Å². The van der Waals surface area contributed by atoms with Gasteiger partial charge in [-0.15, -0.1) is 11.8 Å². The largest absolute Gasteiger partial charge is 0.459 e. The molecule has 19 heavy (non-hydrogen) atoms. The fourth-order valence-corrected chi connectivity index (χ4v) is 3.69. The van der Waals surface area contributed by atoms with Crippen molar-refractivity contribution in [3.05, 3.63) is 9.81 Å². The molecule has 0 radical (unpaired) electrons. The molecule has 7 heteroatoms. The second-order valence-corrected chi connectivity index (χ2v) is 6.93. The van der Waals surface area contributed by atoms with Crippen LogP contribution in [0.15, 0.2) is 9.81 Å². The van der Waals surface area contributed by atoms with Crippen LogP contribution in [0.1, 0.15) is 27.7 Å². The summed E-state index contributed by atoms with van der Waals surface area (Å²) in [5, 5.41) is 9.48. The van der Waals surface area contributed by atoms with Gasteiger partial charge in [-0.05, 0) is 27.7 Å². The third kappa shape index (κ3) is 5.08. The quantitative estimate of drug-likeness (QED) is 0.368. The lowest BCUT2D eigenvalue weighted by Crippen LogP contribution is -2.23. The Hall–Kier alpha value is -0.660. The molecular weight excluding hydrogens is 288 g/mol. The Labute approximate surface area is 121 Å². The molecule has 0 saturated carbocycles. The van der Waals surface area contributed by atoms with Crippen molar-refractivity contribution in [1.29, 1.82) is 0 Å². The van der Waals surface area contributed by atoms with Crippen LogP contribution in [0.2, 0.25) is 0 Å². The number of carbonyl (C=O) groups excluding carboxylic acids is 2. The Morgan fingerprint density at radius 2 is 1.63 bits per heavy atom. The van der Waals surface area contributed by atoms with Gasteiger partial charge in [0.05, 0.1) is 16.4 Å². The van der Waals surface area contributed by atoms with Crippen LogP contribution < -0.4 is 0 Å². The van der Waals surface area contributed by atoms with Crippen LogP contribution in [0.4, 0.5) is 0 Å². The molecule has 5 nitrogen and oxygen atoms in total. The van der Waals surface area contributed by atoms with Crippen LogP contribution >= 0.6 is 23.5 Å². The summed E-state index contributed by atoms with van der Waals surface area (Å²) in [7, 11) is 0. The van der Waals surface area contributed by atoms with E-state index in [0.717, 1.165) is 11.8 Å². The summed E-state index contributed by atoms with van der Waals surface area (Å²) in [5.74, 6) is -0.970. The van der Waals surface area contributed by atoms with E-state index in [4.69, 9.17) is 9.47 Å². The maximum atomic E-state index is 12.0. The molecule has 1 fully saturated rings. The average molecular weight is 306 g/mol. The van der Waals surface area contributed by atoms with Crippen LogP contribution in [0.3, 0.4) is 0 Å². The van der Waals surface area contributed by atoms with E-state index < -0.39 is 17.4 Å². The van der Waals surface area contributed by atoms with Gasteiger partial charge in [-0.25, -0.2) is 9.59 Å². The average Bonchev–Trinajstić information content (AvgIpc) is 2.62. The van der Waals surface area contributed by atoms with Crippen molar-refractivity contribution in [2.24, 2.45) is 0 Å². The molecule has 0 aromatic carbocycles. The molecule has 108 valence electrons. The molecule has 1 heterocycles. The minimum Gasteiger partial charge on any atom is -0.459 e. The summed E-state index contributed by atoms with van der Waals surface area (Å²) in [6, 6.07) is 0. The number of aliphatic hydroxyl groups is 1. The fourth-order valence-electron chi connectivity index (χ4n) is 1.27. The highest BCUT2D eigenvalue weighted by Gasteiger charge is 2.32. The van der Waals surface area contributed by atoms with E-state index >= 15 is 0 Å². The summed E-state index contributed by atoms with van der Waals surface area (Å²) in [6.07, 6.45) is -0.646. The first-order valence-corrected chi connectivity index (χ1v) is 7.81. The number of ether oxygens (including phenoxy) is 2. The molecule has 0 spiro atoms. The van der Waals surface area contributed by atoms with Crippen molar-refractivity contribution in [1.82, 2.24) is 0 Å². The molecular formula is C12H18O5S2. The molecule has 0 aromatic heterocycles. The van der Waals surface area contributed by atoms with Gasteiger partial charge in [-0.1, -0.05) is 11.8 Å². The SMILES string of the molecule is CC(C)OC(=O)C(C(=O)OC(C)C)=C1SC[C@H](O)S1. The number of aliphatic hydroxyl groups excluding tert-OH is 1. The highest BCUT2D eigenvalue weighted by Crippen LogP contribution is 2.43. The molecule has 0 amide bonds. The third-order valence-corrected chi connectivity index (χ3v) is 4.56. The van der Waals surface area contributed by atoms with Crippen molar-refractivity contribution in [2.75, 3.05) is 5.75 Å². The molecule has 1 N–H and O–H groups in total. The summed E-state index contributed by atoms with van der Waals surface area (Å²) in [6.45, 7) is 6.82. The third-order valence-electron chi connectivity index (χ3n) is 1.90. The summed E-state index contributed by atoms with van der Waals surface area (Å²) in [4.78, 5) is 24.0. The minimum atomic E-state index is -0.704. The Balaban J connectivity index is 2.97. The smallest absolute Gasteiger partial charge is 0.347 e. The van der Waals surface area contributed by atoms with Gasteiger partial charge in [-0.3, -0.25) is 0 Å². The van der Waals surface area contributed by atoms with Gasteiger partial charge in [-0.2, -0.15) is 0 Å². The molecule has 1 aliphatic heterocycles. The van der Waals surface area contributed by atoms with E-state index in [1.807, 2.05) is 0 Å². The van der Waals surface area contributed by atoms with E-state index in [2.05, 4.69) is 0 Å².